The SMILES string of the molecule is Cc1cc(Br)ccc1N(c1ccccc1)c1ccccc1. The van der Waals surface area contributed by atoms with Crippen LogP contribution in [0.5, 0.6) is 0 Å². The highest BCUT2D eigenvalue weighted by Gasteiger charge is 2.13. The second kappa shape index (κ2) is 6.15. The Balaban J connectivity index is 2.17. The first-order valence-corrected chi connectivity index (χ1v) is 7.71. The molecule has 0 amide bonds. The third kappa shape index (κ3) is 3.01. The summed E-state index contributed by atoms with van der Waals surface area (Å²) >= 11 is 3.54. The van der Waals surface area contributed by atoms with Gasteiger partial charge in [0, 0.05) is 21.5 Å². The molecule has 21 heavy (non-hydrogen) atoms. The van der Waals surface area contributed by atoms with Gasteiger partial charge in [-0.25, -0.2) is 0 Å². The van der Waals surface area contributed by atoms with Gasteiger partial charge < -0.3 is 4.90 Å². The zero-order valence-electron chi connectivity index (χ0n) is 11.8. The van der Waals surface area contributed by atoms with E-state index in [1.165, 1.54) is 11.3 Å². The van der Waals surface area contributed by atoms with Crippen molar-refractivity contribution in [3.63, 3.8) is 0 Å². The van der Waals surface area contributed by atoms with Crippen LogP contribution < -0.4 is 4.90 Å². The summed E-state index contributed by atoms with van der Waals surface area (Å²) in [6.45, 7) is 2.14. The second-order valence-electron chi connectivity index (χ2n) is 4.94. The molecule has 0 spiro atoms. The Bertz CT molecular complexity index is 684. The van der Waals surface area contributed by atoms with Crippen LogP contribution in [-0.4, -0.2) is 0 Å². The summed E-state index contributed by atoms with van der Waals surface area (Å²) in [5.41, 5.74) is 4.75. The number of para-hydroxylation sites is 2. The smallest absolute Gasteiger partial charge is 0.0491 e. The van der Waals surface area contributed by atoms with E-state index in [9.17, 15) is 0 Å². The first kappa shape index (κ1) is 13.9. The Hall–Kier alpha value is -2.06. The highest BCUT2D eigenvalue weighted by Crippen LogP contribution is 2.36. The van der Waals surface area contributed by atoms with Crippen LogP contribution in [0.15, 0.2) is 83.3 Å². The number of halogens is 1. The molecule has 0 unspecified atom stereocenters. The molecule has 0 fully saturated rings. The lowest BCUT2D eigenvalue weighted by Crippen LogP contribution is -2.10. The summed E-state index contributed by atoms with van der Waals surface area (Å²) in [7, 11) is 0. The molecule has 0 aromatic heterocycles. The number of rotatable bonds is 3. The summed E-state index contributed by atoms with van der Waals surface area (Å²) in [6, 6.07) is 27.3. The van der Waals surface area contributed by atoms with Gasteiger partial charge in [0.05, 0.1) is 0 Å². The van der Waals surface area contributed by atoms with Crippen molar-refractivity contribution in [3.05, 3.63) is 88.9 Å². The first-order valence-electron chi connectivity index (χ1n) is 6.92. The van der Waals surface area contributed by atoms with Crippen molar-refractivity contribution < 1.29 is 0 Å². The van der Waals surface area contributed by atoms with E-state index < -0.39 is 0 Å². The van der Waals surface area contributed by atoms with Crippen LogP contribution in [0, 0.1) is 6.92 Å². The fourth-order valence-corrected chi connectivity index (χ4v) is 2.93. The molecule has 0 aliphatic heterocycles. The van der Waals surface area contributed by atoms with Crippen LogP contribution >= 0.6 is 15.9 Å². The molecule has 3 aromatic carbocycles. The third-order valence-corrected chi connectivity index (χ3v) is 3.92. The molecule has 0 saturated heterocycles. The Morgan fingerprint density at radius 3 is 1.71 bits per heavy atom. The monoisotopic (exact) mass is 337 g/mol. The van der Waals surface area contributed by atoms with Crippen LogP contribution in [0.4, 0.5) is 17.1 Å². The van der Waals surface area contributed by atoms with Crippen LogP contribution in [0.2, 0.25) is 0 Å². The minimum absolute atomic E-state index is 1.10. The van der Waals surface area contributed by atoms with Crippen LogP contribution in [0.1, 0.15) is 5.56 Å². The number of hydrogen-bond acceptors (Lipinski definition) is 1. The van der Waals surface area contributed by atoms with Gasteiger partial charge in [-0.15, -0.1) is 0 Å². The predicted molar refractivity (Wildman–Crippen MR) is 93.6 cm³/mol. The quantitative estimate of drug-likeness (QED) is 0.547. The summed E-state index contributed by atoms with van der Waals surface area (Å²) < 4.78 is 1.10. The van der Waals surface area contributed by atoms with E-state index in [2.05, 4.69) is 94.5 Å². The van der Waals surface area contributed by atoms with Crippen molar-refractivity contribution in [1.82, 2.24) is 0 Å². The summed E-state index contributed by atoms with van der Waals surface area (Å²) in [5.74, 6) is 0. The van der Waals surface area contributed by atoms with E-state index in [1.54, 1.807) is 0 Å². The van der Waals surface area contributed by atoms with Crippen molar-refractivity contribution in [3.8, 4) is 0 Å². The van der Waals surface area contributed by atoms with Crippen LogP contribution in [0.25, 0.3) is 0 Å². The lowest BCUT2D eigenvalue weighted by molar-refractivity contribution is 1.25. The molecule has 0 heterocycles. The molecule has 0 atom stereocenters. The zero-order valence-corrected chi connectivity index (χ0v) is 13.4. The van der Waals surface area contributed by atoms with Crippen molar-refractivity contribution in [2.75, 3.05) is 4.90 Å². The maximum atomic E-state index is 3.54. The average Bonchev–Trinajstić information content (AvgIpc) is 2.52. The van der Waals surface area contributed by atoms with Gasteiger partial charge in [-0.1, -0.05) is 52.3 Å². The van der Waals surface area contributed by atoms with E-state index in [1.807, 2.05) is 12.1 Å². The zero-order chi connectivity index (χ0) is 14.7. The fourth-order valence-electron chi connectivity index (χ4n) is 2.45. The number of anilines is 3. The number of nitrogens with zero attached hydrogens (tertiary/aromatic N) is 1. The van der Waals surface area contributed by atoms with E-state index in [0.717, 1.165) is 15.8 Å². The first-order chi connectivity index (χ1) is 10.3. The molecule has 0 bridgehead atoms. The Morgan fingerprint density at radius 2 is 1.24 bits per heavy atom. The summed E-state index contributed by atoms with van der Waals surface area (Å²) in [6.07, 6.45) is 0. The van der Waals surface area contributed by atoms with E-state index in [-0.39, 0.29) is 0 Å². The lowest BCUT2D eigenvalue weighted by atomic mass is 10.1. The van der Waals surface area contributed by atoms with Gasteiger partial charge in [0.15, 0.2) is 0 Å². The van der Waals surface area contributed by atoms with Crippen molar-refractivity contribution in [2.45, 2.75) is 6.92 Å². The Labute approximate surface area is 134 Å². The number of aryl methyl sites for hydroxylation is 1. The van der Waals surface area contributed by atoms with Gasteiger partial charge in [-0.2, -0.15) is 0 Å². The van der Waals surface area contributed by atoms with Gasteiger partial charge in [-0.3, -0.25) is 0 Å². The minimum atomic E-state index is 1.10. The third-order valence-electron chi connectivity index (χ3n) is 3.43. The predicted octanol–water partition coefficient (Wildman–Crippen LogP) is 6.23. The maximum Gasteiger partial charge on any atom is 0.0491 e. The van der Waals surface area contributed by atoms with Crippen molar-refractivity contribution in [1.29, 1.82) is 0 Å². The molecule has 3 aromatic rings. The molecule has 0 aliphatic rings. The van der Waals surface area contributed by atoms with Crippen molar-refractivity contribution in [2.24, 2.45) is 0 Å². The Morgan fingerprint density at radius 1 is 0.714 bits per heavy atom. The highest BCUT2D eigenvalue weighted by atomic mass is 79.9. The van der Waals surface area contributed by atoms with Crippen LogP contribution in [-0.2, 0) is 0 Å². The molecule has 1 nitrogen and oxygen atoms in total. The molecule has 0 saturated carbocycles. The highest BCUT2D eigenvalue weighted by molar-refractivity contribution is 9.10. The molecule has 0 N–H and O–H groups in total. The molecule has 3 rings (SSSR count). The van der Waals surface area contributed by atoms with Gasteiger partial charge in [0.25, 0.3) is 0 Å². The number of hydrogen-bond donors (Lipinski definition) is 0. The Kier molecular flexibility index (Phi) is 4.07. The fraction of sp³-hybridized carbons (Fsp3) is 0.0526. The van der Waals surface area contributed by atoms with Crippen LogP contribution in [0.3, 0.4) is 0 Å². The van der Waals surface area contributed by atoms with Crippen molar-refractivity contribution >= 4 is 33.0 Å². The lowest BCUT2D eigenvalue weighted by Gasteiger charge is -2.27. The molecule has 2 heteroatoms. The van der Waals surface area contributed by atoms with Gasteiger partial charge in [0.1, 0.15) is 0 Å². The number of benzene rings is 3. The minimum Gasteiger partial charge on any atom is -0.310 e. The normalized spacial score (nSPS) is 10.4. The molecular formula is C19H16BrN. The van der Waals surface area contributed by atoms with E-state index in [0.29, 0.717) is 0 Å². The summed E-state index contributed by atoms with van der Waals surface area (Å²) in [4.78, 5) is 2.28. The van der Waals surface area contributed by atoms with E-state index >= 15 is 0 Å². The molecular weight excluding hydrogens is 322 g/mol. The van der Waals surface area contributed by atoms with E-state index in [4.69, 9.17) is 0 Å². The largest absolute Gasteiger partial charge is 0.310 e. The van der Waals surface area contributed by atoms with Gasteiger partial charge >= 0.3 is 0 Å². The second-order valence-corrected chi connectivity index (χ2v) is 5.85. The average molecular weight is 338 g/mol. The van der Waals surface area contributed by atoms with Gasteiger partial charge in [0.2, 0.25) is 0 Å². The van der Waals surface area contributed by atoms with Gasteiger partial charge in [-0.05, 0) is 55.0 Å². The molecule has 0 radical (unpaired) electrons. The standard InChI is InChI=1S/C19H16BrN/c1-15-14-16(20)12-13-19(15)21(17-8-4-2-5-9-17)18-10-6-3-7-11-18/h2-14H,1H3. The molecule has 0 aliphatic carbocycles. The maximum absolute atomic E-state index is 3.54. The topological polar surface area (TPSA) is 3.24 Å². The molecule has 104 valence electrons. The summed E-state index contributed by atoms with van der Waals surface area (Å²) in [5, 5.41) is 0.